The van der Waals surface area contributed by atoms with Gasteiger partial charge in [-0.1, -0.05) is 6.07 Å². The summed E-state index contributed by atoms with van der Waals surface area (Å²) >= 11 is 0. The summed E-state index contributed by atoms with van der Waals surface area (Å²) in [5, 5.41) is 0. The van der Waals surface area contributed by atoms with Crippen molar-refractivity contribution in [2.45, 2.75) is 6.54 Å². The number of imidazole rings is 1. The summed E-state index contributed by atoms with van der Waals surface area (Å²) in [7, 11) is 3.44. The van der Waals surface area contributed by atoms with Gasteiger partial charge in [0.1, 0.15) is 5.65 Å². The van der Waals surface area contributed by atoms with Crippen molar-refractivity contribution in [1.29, 1.82) is 0 Å². The number of rotatable bonds is 8. The van der Waals surface area contributed by atoms with Crippen molar-refractivity contribution >= 4 is 5.65 Å². The van der Waals surface area contributed by atoms with Gasteiger partial charge in [-0.3, -0.25) is 4.90 Å². The minimum atomic E-state index is 0.719. The molecule has 2 rings (SSSR count). The van der Waals surface area contributed by atoms with Crippen LogP contribution in [0.1, 0.15) is 5.69 Å². The molecule has 19 heavy (non-hydrogen) atoms. The van der Waals surface area contributed by atoms with Crippen LogP contribution >= 0.6 is 0 Å². The summed E-state index contributed by atoms with van der Waals surface area (Å²) in [6.45, 7) is 4.02. The Morgan fingerprint density at radius 2 is 1.89 bits per heavy atom. The molecule has 104 valence electrons. The molecule has 0 aliphatic carbocycles. The van der Waals surface area contributed by atoms with Crippen LogP contribution in [-0.2, 0) is 16.0 Å². The Morgan fingerprint density at radius 3 is 2.53 bits per heavy atom. The Hall–Kier alpha value is -1.43. The van der Waals surface area contributed by atoms with Crippen molar-refractivity contribution < 1.29 is 9.47 Å². The van der Waals surface area contributed by atoms with Gasteiger partial charge in [-0.25, -0.2) is 4.98 Å². The lowest BCUT2D eigenvalue weighted by Gasteiger charge is -2.20. The summed E-state index contributed by atoms with van der Waals surface area (Å²) in [6, 6.07) is 6.02. The van der Waals surface area contributed by atoms with Gasteiger partial charge in [-0.15, -0.1) is 0 Å². The van der Waals surface area contributed by atoms with E-state index in [1.54, 1.807) is 14.2 Å². The standard InChI is InChI=1S/C14H21N3O2/c1-18-9-7-16(8-10-19-2)11-13-12-17-6-4-3-5-14(17)15-13/h3-6,12H,7-11H2,1-2H3. The van der Waals surface area contributed by atoms with Crippen LogP contribution in [0.25, 0.3) is 5.65 Å². The molecule has 0 saturated carbocycles. The summed E-state index contributed by atoms with van der Waals surface area (Å²) in [6.07, 6.45) is 4.09. The molecular weight excluding hydrogens is 242 g/mol. The molecule has 2 aromatic heterocycles. The number of methoxy groups -OCH3 is 2. The quantitative estimate of drug-likeness (QED) is 0.722. The largest absolute Gasteiger partial charge is 0.383 e. The average molecular weight is 263 g/mol. The van der Waals surface area contributed by atoms with E-state index in [2.05, 4.69) is 16.1 Å². The first kappa shape index (κ1) is 14.0. The first-order valence-electron chi connectivity index (χ1n) is 6.46. The molecule has 0 fully saturated rings. The van der Waals surface area contributed by atoms with Gasteiger partial charge in [0.2, 0.25) is 0 Å². The summed E-state index contributed by atoms with van der Waals surface area (Å²) < 4.78 is 12.3. The van der Waals surface area contributed by atoms with E-state index in [1.165, 1.54) is 0 Å². The van der Waals surface area contributed by atoms with Crippen LogP contribution < -0.4 is 0 Å². The highest BCUT2D eigenvalue weighted by molar-refractivity contribution is 5.39. The van der Waals surface area contributed by atoms with Crippen molar-refractivity contribution in [1.82, 2.24) is 14.3 Å². The van der Waals surface area contributed by atoms with Gasteiger partial charge in [-0.05, 0) is 12.1 Å². The van der Waals surface area contributed by atoms with Gasteiger partial charge in [0.05, 0.1) is 18.9 Å². The molecule has 2 heterocycles. The number of hydrogen-bond donors (Lipinski definition) is 0. The lowest BCUT2D eigenvalue weighted by atomic mass is 10.4. The van der Waals surface area contributed by atoms with Gasteiger partial charge < -0.3 is 13.9 Å². The molecule has 0 saturated heterocycles. The van der Waals surface area contributed by atoms with E-state index in [4.69, 9.17) is 9.47 Å². The van der Waals surface area contributed by atoms with Gasteiger partial charge in [0.25, 0.3) is 0 Å². The SMILES string of the molecule is COCCN(CCOC)Cc1cn2ccccc2n1. The molecule has 0 radical (unpaired) electrons. The van der Waals surface area contributed by atoms with Gasteiger partial charge >= 0.3 is 0 Å². The Labute approximate surface area is 113 Å². The van der Waals surface area contributed by atoms with E-state index in [9.17, 15) is 0 Å². The molecule has 0 aliphatic rings. The predicted octanol–water partition coefficient (Wildman–Crippen LogP) is 1.43. The van der Waals surface area contributed by atoms with E-state index in [-0.39, 0.29) is 0 Å². The van der Waals surface area contributed by atoms with E-state index in [0.717, 1.165) is 44.2 Å². The number of aromatic nitrogens is 2. The molecule has 0 bridgehead atoms. The fraction of sp³-hybridized carbons (Fsp3) is 0.500. The number of pyridine rings is 1. The smallest absolute Gasteiger partial charge is 0.137 e. The highest BCUT2D eigenvalue weighted by Crippen LogP contribution is 2.07. The van der Waals surface area contributed by atoms with Crippen LogP contribution in [0, 0.1) is 0 Å². The van der Waals surface area contributed by atoms with Crippen LogP contribution in [0.4, 0.5) is 0 Å². The molecule has 0 aliphatic heterocycles. The Balaban J connectivity index is 2.01. The van der Waals surface area contributed by atoms with Crippen molar-refractivity contribution in [3.63, 3.8) is 0 Å². The molecular formula is C14H21N3O2. The van der Waals surface area contributed by atoms with Crippen LogP contribution in [0.15, 0.2) is 30.6 Å². The van der Waals surface area contributed by atoms with Crippen LogP contribution in [0.2, 0.25) is 0 Å². The number of ether oxygens (including phenoxy) is 2. The Morgan fingerprint density at radius 1 is 1.16 bits per heavy atom. The normalized spacial score (nSPS) is 11.5. The van der Waals surface area contributed by atoms with Gasteiger partial charge in [0, 0.05) is 46.2 Å². The highest BCUT2D eigenvalue weighted by Gasteiger charge is 2.08. The monoisotopic (exact) mass is 263 g/mol. The fourth-order valence-electron chi connectivity index (χ4n) is 2.00. The third kappa shape index (κ3) is 4.02. The maximum atomic E-state index is 5.14. The molecule has 0 spiro atoms. The van der Waals surface area contributed by atoms with Gasteiger partial charge in [0.15, 0.2) is 0 Å². The van der Waals surface area contributed by atoms with Crippen molar-refractivity contribution in [2.75, 3.05) is 40.5 Å². The van der Waals surface area contributed by atoms with Crippen LogP contribution in [0.3, 0.4) is 0 Å². The minimum absolute atomic E-state index is 0.719. The molecule has 0 aromatic carbocycles. The van der Waals surface area contributed by atoms with Crippen molar-refractivity contribution in [3.05, 3.63) is 36.3 Å². The molecule has 2 aromatic rings. The van der Waals surface area contributed by atoms with Crippen LogP contribution in [0.5, 0.6) is 0 Å². The van der Waals surface area contributed by atoms with Gasteiger partial charge in [-0.2, -0.15) is 0 Å². The maximum Gasteiger partial charge on any atom is 0.137 e. The number of nitrogens with zero attached hydrogens (tertiary/aromatic N) is 3. The molecule has 5 nitrogen and oxygen atoms in total. The molecule has 5 heteroatoms. The first-order chi connectivity index (χ1) is 9.33. The van der Waals surface area contributed by atoms with Crippen LogP contribution in [-0.4, -0.2) is 54.8 Å². The summed E-state index contributed by atoms with van der Waals surface area (Å²) in [5.74, 6) is 0. The summed E-state index contributed by atoms with van der Waals surface area (Å²) in [4.78, 5) is 6.89. The second-order valence-corrected chi connectivity index (χ2v) is 4.46. The Kier molecular flexibility index (Phi) is 5.32. The minimum Gasteiger partial charge on any atom is -0.383 e. The second-order valence-electron chi connectivity index (χ2n) is 4.46. The number of fused-ring (bicyclic) bond motifs is 1. The van der Waals surface area contributed by atoms with E-state index in [1.807, 2.05) is 28.8 Å². The molecule has 0 unspecified atom stereocenters. The zero-order valence-electron chi connectivity index (χ0n) is 11.6. The van der Waals surface area contributed by atoms with E-state index in [0.29, 0.717) is 0 Å². The lowest BCUT2D eigenvalue weighted by Crippen LogP contribution is -2.30. The number of hydrogen-bond acceptors (Lipinski definition) is 4. The molecule has 0 N–H and O–H groups in total. The second kappa shape index (κ2) is 7.23. The van der Waals surface area contributed by atoms with E-state index >= 15 is 0 Å². The van der Waals surface area contributed by atoms with Crippen molar-refractivity contribution in [2.24, 2.45) is 0 Å². The van der Waals surface area contributed by atoms with Crippen molar-refractivity contribution in [3.8, 4) is 0 Å². The molecule has 0 atom stereocenters. The highest BCUT2D eigenvalue weighted by atomic mass is 16.5. The fourth-order valence-corrected chi connectivity index (χ4v) is 2.00. The zero-order chi connectivity index (χ0) is 13.5. The average Bonchev–Trinajstić information content (AvgIpc) is 2.84. The zero-order valence-corrected chi connectivity index (χ0v) is 11.6. The predicted molar refractivity (Wildman–Crippen MR) is 74.2 cm³/mol. The summed E-state index contributed by atoms with van der Waals surface area (Å²) in [5.41, 5.74) is 2.05. The third-order valence-electron chi connectivity index (χ3n) is 3.02. The maximum absolute atomic E-state index is 5.14. The van der Waals surface area contributed by atoms with E-state index < -0.39 is 0 Å². The topological polar surface area (TPSA) is 39.0 Å². The third-order valence-corrected chi connectivity index (χ3v) is 3.02. The first-order valence-corrected chi connectivity index (χ1v) is 6.46. The lowest BCUT2D eigenvalue weighted by molar-refractivity contribution is 0.109. The Bertz CT molecular complexity index is 457. The molecule has 0 amide bonds.